The SMILES string of the molecule is COc1ccc(NC(=O)NCC(c2ccc3c(c2)CCN3C)N2CCOCC2)cc1OC. The fourth-order valence-electron chi connectivity index (χ4n) is 4.42. The van der Waals surface area contributed by atoms with Gasteiger partial charge in [-0.1, -0.05) is 12.1 Å². The number of nitrogens with one attached hydrogen (secondary N) is 2. The maximum Gasteiger partial charge on any atom is 0.319 e. The largest absolute Gasteiger partial charge is 0.493 e. The number of nitrogens with zero attached hydrogens (tertiary/aromatic N) is 2. The van der Waals surface area contributed by atoms with E-state index in [1.165, 1.54) is 16.8 Å². The van der Waals surface area contributed by atoms with Gasteiger partial charge in [-0.2, -0.15) is 0 Å². The van der Waals surface area contributed by atoms with Crippen LogP contribution in [0.4, 0.5) is 16.2 Å². The molecular formula is C24H32N4O4. The van der Waals surface area contributed by atoms with Crippen molar-refractivity contribution < 1.29 is 19.0 Å². The van der Waals surface area contributed by atoms with Crippen LogP contribution in [0, 0.1) is 0 Å². The molecule has 4 rings (SSSR count). The number of amides is 2. The van der Waals surface area contributed by atoms with E-state index in [-0.39, 0.29) is 12.1 Å². The van der Waals surface area contributed by atoms with Crippen LogP contribution in [0.5, 0.6) is 11.5 Å². The molecule has 1 unspecified atom stereocenters. The van der Waals surface area contributed by atoms with Crippen LogP contribution in [0.3, 0.4) is 0 Å². The Morgan fingerprint density at radius 1 is 1.06 bits per heavy atom. The van der Waals surface area contributed by atoms with Crippen LogP contribution in [0.2, 0.25) is 0 Å². The lowest BCUT2D eigenvalue weighted by atomic mass is 10.0. The van der Waals surface area contributed by atoms with Gasteiger partial charge in [0.15, 0.2) is 11.5 Å². The van der Waals surface area contributed by atoms with Crippen molar-refractivity contribution in [3.63, 3.8) is 0 Å². The van der Waals surface area contributed by atoms with Gasteiger partial charge in [0.2, 0.25) is 0 Å². The van der Waals surface area contributed by atoms with Gasteiger partial charge in [-0.25, -0.2) is 4.79 Å². The third kappa shape index (κ3) is 4.92. The van der Waals surface area contributed by atoms with E-state index in [1.54, 1.807) is 32.4 Å². The fourth-order valence-corrected chi connectivity index (χ4v) is 4.42. The summed E-state index contributed by atoms with van der Waals surface area (Å²) in [4.78, 5) is 17.3. The minimum absolute atomic E-state index is 0.0891. The predicted octanol–water partition coefficient (Wildman–Crippen LogP) is 2.89. The second kappa shape index (κ2) is 10.1. The first-order valence-corrected chi connectivity index (χ1v) is 11.0. The molecule has 2 aromatic rings. The number of benzene rings is 2. The van der Waals surface area contributed by atoms with E-state index in [9.17, 15) is 4.79 Å². The molecule has 8 nitrogen and oxygen atoms in total. The van der Waals surface area contributed by atoms with Crippen molar-refractivity contribution in [3.8, 4) is 11.5 Å². The van der Waals surface area contributed by atoms with E-state index >= 15 is 0 Å². The Morgan fingerprint density at radius 3 is 2.59 bits per heavy atom. The summed E-state index contributed by atoms with van der Waals surface area (Å²) >= 11 is 0. The minimum atomic E-state index is -0.253. The average Bonchev–Trinajstić information content (AvgIpc) is 3.20. The highest BCUT2D eigenvalue weighted by atomic mass is 16.5. The molecule has 2 aliphatic heterocycles. The van der Waals surface area contributed by atoms with Crippen molar-refractivity contribution in [2.45, 2.75) is 12.5 Å². The minimum Gasteiger partial charge on any atom is -0.493 e. The van der Waals surface area contributed by atoms with Gasteiger partial charge in [-0.15, -0.1) is 0 Å². The van der Waals surface area contributed by atoms with Crippen molar-refractivity contribution in [2.75, 3.05) is 70.9 Å². The summed E-state index contributed by atoms with van der Waals surface area (Å²) in [6.45, 7) is 4.67. The Labute approximate surface area is 189 Å². The molecule has 2 heterocycles. The predicted molar refractivity (Wildman–Crippen MR) is 125 cm³/mol. The lowest BCUT2D eigenvalue weighted by Gasteiger charge is -2.35. The number of methoxy groups -OCH3 is 2. The standard InChI is InChI=1S/C24H32N4O4/c1-27-9-8-18-14-17(4-6-20(18)27)21(28-10-12-32-13-11-28)16-25-24(29)26-19-5-7-22(30-2)23(15-19)31-3/h4-7,14-15,21H,8-13,16H2,1-3H3,(H2,25,26,29). The van der Waals surface area contributed by atoms with Crippen LogP contribution in [0.25, 0.3) is 0 Å². The molecule has 0 aliphatic carbocycles. The summed E-state index contributed by atoms with van der Waals surface area (Å²) in [5, 5.41) is 5.94. The zero-order chi connectivity index (χ0) is 22.5. The van der Waals surface area contributed by atoms with Crippen LogP contribution in [0.15, 0.2) is 36.4 Å². The first-order valence-electron chi connectivity index (χ1n) is 11.0. The quantitative estimate of drug-likeness (QED) is 0.690. The zero-order valence-electron chi connectivity index (χ0n) is 19.0. The van der Waals surface area contributed by atoms with Crippen LogP contribution < -0.4 is 25.0 Å². The molecule has 2 aromatic carbocycles. The van der Waals surface area contributed by atoms with E-state index in [0.29, 0.717) is 36.9 Å². The average molecular weight is 441 g/mol. The van der Waals surface area contributed by atoms with E-state index in [0.717, 1.165) is 26.1 Å². The van der Waals surface area contributed by atoms with Gasteiger partial charge in [-0.3, -0.25) is 4.90 Å². The second-order valence-electron chi connectivity index (χ2n) is 8.13. The third-order valence-corrected chi connectivity index (χ3v) is 6.20. The van der Waals surface area contributed by atoms with Crippen LogP contribution in [0.1, 0.15) is 17.2 Å². The summed E-state index contributed by atoms with van der Waals surface area (Å²) in [7, 11) is 5.29. The van der Waals surface area contributed by atoms with Crippen LogP contribution >= 0.6 is 0 Å². The highest BCUT2D eigenvalue weighted by molar-refractivity contribution is 5.89. The molecule has 172 valence electrons. The van der Waals surface area contributed by atoms with Gasteiger partial charge in [0, 0.05) is 50.7 Å². The van der Waals surface area contributed by atoms with Gasteiger partial charge < -0.3 is 29.7 Å². The maximum absolute atomic E-state index is 12.7. The van der Waals surface area contributed by atoms with Gasteiger partial charge in [0.1, 0.15) is 0 Å². The Bertz CT molecular complexity index is 946. The Balaban J connectivity index is 1.45. The van der Waals surface area contributed by atoms with Crippen molar-refractivity contribution >= 4 is 17.4 Å². The molecule has 0 spiro atoms. The van der Waals surface area contributed by atoms with Crippen LogP contribution in [-0.4, -0.2) is 71.6 Å². The molecule has 1 atom stereocenters. The highest BCUT2D eigenvalue weighted by Gasteiger charge is 2.25. The highest BCUT2D eigenvalue weighted by Crippen LogP contribution is 2.32. The summed E-state index contributed by atoms with van der Waals surface area (Å²) in [6.07, 6.45) is 1.06. The van der Waals surface area contributed by atoms with Gasteiger partial charge >= 0.3 is 6.03 Å². The summed E-state index contributed by atoms with van der Waals surface area (Å²) in [5.41, 5.74) is 4.54. The van der Waals surface area contributed by atoms with Crippen molar-refractivity contribution in [1.29, 1.82) is 0 Å². The Morgan fingerprint density at radius 2 is 1.84 bits per heavy atom. The lowest BCUT2D eigenvalue weighted by Crippen LogP contribution is -2.44. The maximum atomic E-state index is 12.7. The van der Waals surface area contributed by atoms with Crippen molar-refractivity contribution in [1.82, 2.24) is 10.2 Å². The topological polar surface area (TPSA) is 75.3 Å². The van der Waals surface area contributed by atoms with Gasteiger partial charge in [-0.05, 0) is 35.7 Å². The number of carbonyl (C=O) groups is 1. The molecule has 0 bridgehead atoms. The van der Waals surface area contributed by atoms with Crippen LogP contribution in [-0.2, 0) is 11.2 Å². The molecule has 0 radical (unpaired) electrons. The number of carbonyl (C=O) groups excluding carboxylic acids is 1. The van der Waals surface area contributed by atoms with Crippen molar-refractivity contribution in [2.24, 2.45) is 0 Å². The summed E-state index contributed by atoms with van der Waals surface area (Å²) in [5.74, 6) is 1.19. The molecule has 0 aromatic heterocycles. The number of hydrogen-bond acceptors (Lipinski definition) is 6. The summed E-state index contributed by atoms with van der Waals surface area (Å²) in [6, 6.07) is 11.8. The normalized spacial score (nSPS) is 16.9. The first kappa shape index (κ1) is 22.2. The van der Waals surface area contributed by atoms with E-state index in [1.807, 2.05) is 0 Å². The molecule has 2 amide bonds. The number of anilines is 2. The monoisotopic (exact) mass is 440 g/mol. The Kier molecular flexibility index (Phi) is 7.02. The van der Waals surface area contributed by atoms with E-state index in [2.05, 4.69) is 45.7 Å². The number of rotatable bonds is 7. The molecule has 32 heavy (non-hydrogen) atoms. The number of ether oxygens (including phenoxy) is 3. The number of urea groups is 1. The molecule has 0 saturated carbocycles. The molecule has 8 heteroatoms. The number of morpholine rings is 1. The molecule has 1 fully saturated rings. The zero-order valence-corrected chi connectivity index (χ0v) is 19.0. The first-order chi connectivity index (χ1) is 15.6. The molecule has 1 saturated heterocycles. The van der Waals surface area contributed by atoms with E-state index < -0.39 is 0 Å². The molecular weight excluding hydrogens is 408 g/mol. The molecule has 2 aliphatic rings. The van der Waals surface area contributed by atoms with Gasteiger partial charge in [0.25, 0.3) is 0 Å². The van der Waals surface area contributed by atoms with Gasteiger partial charge in [0.05, 0.1) is 33.5 Å². The van der Waals surface area contributed by atoms with E-state index in [4.69, 9.17) is 14.2 Å². The van der Waals surface area contributed by atoms with Crippen molar-refractivity contribution in [3.05, 3.63) is 47.5 Å². The smallest absolute Gasteiger partial charge is 0.319 e. The second-order valence-corrected chi connectivity index (χ2v) is 8.13. The third-order valence-electron chi connectivity index (χ3n) is 6.20. The number of fused-ring (bicyclic) bond motifs is 1. The number of likely N-dealkylation sites (N-methyl/N-ethyl adjacent to an activating group) is 1. The Hall–Kier alpha value is -2.97. The summed E-state index contributed by atoms with van der Waals surface area (Å²) < 4.78 is 16.1. The lowest BCUT2D eigenvalue weighted by molar-refractivity contribution is 0.0168. The fraction of sp³-hybridized carbons (Fsp3) is 0.458. The molecule has 2 N–H and O–H groups in total. The number of hydrogen-bond donors (Lipinski definition) is 2.